The quantitative estimate of drug-likeness (QED) is 0.821. The van der Waals surface area contributed by atoms with Gasteiger partial charge in [0, 0.05) is 17.5 Å². The Labute approximate surface area is 121 Å². The van der Waals surface area contributed by atoms with Crippen LogP contribution in [0.2, 0.25) is 0 Å². The van der Waals surface area contributed by atoms with E-state index in [0.717, 1.165) is 19.3 Å². The lowest BCUT2D eigenvalue weighted by Crippen LogP contribution is -2.34. The average Bonchev–Trinajstić information content (AvgIpc) is 2.89. The van der Waals surface area contributed by atoms with E-state index in [1.165, 1.54) is 16.2 Å². The molecule has 1 saturated carbocycles. The number of hydrogen-bond acceptors (Lipinski definition) is 4. The van der Waals surface area contributed by atoms with Gasteiger partial charge in [-0.25, -0.2) is 8.42 Å². The van der Waals surface area contributed by atoms with E-state index in [4.69, 9.17) is 0 Å². The molecule has 1 fully saturated rings. The van der Waals surface area contributed by atoms with Crippen LogP contribution in [-0.2, 0) is 16.4 Å². The Morgan fingerprint density at radius 2 is 1.89 bits per heavy atom. The van der Waals surface area contributed by atoms with Gasteiger partial charge in [0.2, 0.25) is 0 Å². The van der Waals surface area contributed by atoms with Crippen LogP contribution in [0.25, 0.3) is 0 Å². The maximum atomic E-state index is 12.6. The van der Waals surface area contributed by atoms with Gasteiger partial charge in [-0.1, -0.05) is 12.1 Å². The summed E-state index contributed by atoms with van der Waals surface area (Å²) >= 11 is 2.99. The van der Waals surface area contributed by atoms with Crippen LogP contribution in [0.4, 0.5) is 0 Å². The van der Waals surface area contributed by atoms with Gasteiger partial charge in [0.05, 0.1) is 0 Å². The molecule has 3 rings (SSSR count). The van der Waals surface area contributed by atoms with Crippen LogP contribution in [-0.4, -0.2) is 25.3 Å². The van der Waals surface area contributed by atoms with Gasteiger partial charge in [0.15, 0.2) is 0 Å². The summed E-state index contributed by atoms with van der Waals surface area (Å²) in [5, 5.41) is 3.85. The third-order valence-corrected chi connectivity index (χ3v) is 7.43. The van der Waals surface area contributed by atoms with Gasteiger partial charge in [-0.15, -0.1) is 22.7 Å². The van der Waals surface area contributed by atoms with Gasteiger partial charge in [0.1, 0.15) is 4.21 Å². The smallest absolute Gasteiger partial charge is 0.206 e. The van der Waals surface area contributed by atoms with Gasteiger partial charge in [-0.2, -0.15) is 4.31 Å². The Morgan fingerprint density at radius 3 is 2.47 bits per heavy atom. The molecule has 1 aliphatic rings. The van der Waals surface area contributed by atoms with Crippen molar-refractivity contribution in [3.05, 3.63) is 39.9 Å². The first-order valence-electron chi connectivity index (χ1n) is 6.25. The lowest BCUT2D eigenvalue weighted by molar-refractivity contribution is 0.409. The molecule has 0 bridgehead atoms. The monoisotopic (exact) mass is 313 g/mol. The normalized spacial score (nSPS) is 16.1. The van der Waals surface area contributed by atoms with Crippen LogP contribution in [0, 0.1) is 0 Å². The molecule has 102 valence electrons. The first-order chi connectivity index (χ1) is 9.18. The summed E-state index contributed by atoms with van der Waals surface area (Å²) < 4.78 is 27.3. The van der Waals surface area contributed by atoms with Crippen molar-refractivity contribution in [2.75, 3.05) is 6.54 Å². The molecular weight excluding hydrogens is 298 g/mol. The molecule has 2 heterocycles. The standard InChI is InChI=1S/C13H15NO2S3/c15-19(16,13-4-2-10-18-13)14(11-5-6-11)8-7-12-3-1-9-17-12/h1-4,9-11H,5-8H2. The molecule has 6 heteroatoms. The Morgan fingerprint density at radius 1 is 1.16 bits per heavy atom. The molecule has 0 aliphatic heterocycles. The highest BCUT2D eigenvalue weighted by Gasteiger charge is 2.38. The molecule has 0 aromatic carbocycles. The van der Waals surface area contributed by atoms with Gasteiger partial charge in [0.25, 0.3) is 10.0 Å². The fourth-order valence-corrected chi connectivity index (χ4v) is 5.57. The molecule has 1 aliphatic carbocycles. The van der Waals surface area contributed by atoms with Crippen molar-refractivity contribution >= 4 is 32.7 Å². The second-order valence-electron chi connectivity index (χ2n) is 4.61. The van der Waals surface area contributed by atoms with Crippen molar-refractivity contribution in [2.24, 2.45) is 0 Å². The highest BCUT2D eigenvalue weighted by atomic mass is 32.2. The van der Waals surface area contributed by atoms with Crippen LogP contribution in [0.1, 0.15) is 17.7 Å². The highest BCUT2D eigenvalue weighted by Crippen LogP contribution is 2.33. The zero-order chi connectivity index (χ0) is 13.3. The maximum Gasteiger partial charge on any atom is 0.252 e. The minimum Gasteiger partial charge on any atom is -0.206 e. The van der Waals surface area contributed by atoms with Crippen molar-refractivity contribution in [3.63, 3.8) is 0 Å². The molecule has 0 radical (unpaired) electrons. The molecule has 0 unspecified atom stereocenters. The van der Waals surface area contributed by atoms with Crippen molar-refractivity contribution in [1.82, 2.24) is 4.31 Å². The summed E-state index contributed by atoms with van der Waals surface area (Å²) in [6.45, 7) is 0.589. The van der Waals surface area contributed by atoms with E-state index in [0.29, 0.717) is 10.8 Å². The van der Waals surface area contributed by atoms with E-state index in [1.807, 2.05) is 16.8 Å². The van der Waals surface area contributed by atoms with Crippen molar-refractivity contribution in [2.45, 2.75) is 29.5 Å². The Kier molecular flexibility index (Phi) is 3.75. The van der Waals surface area contributed by atoms with Gasteiger partial charge in [-0.3, -0.25) is 0 Å². The molecule has 2 aromatic rings. The zero-order valence-corrected chi connectivity index (χ0v) is 12.8. The Bertz CT molecular complexity index is 613. The van der Waals surface area contributed by atoms with Crippen LogP contribution in [0.5, 0.6) is 0 Å². The highest BCUT2D eigenvalue weighted by molar-refractivity contribution is 7.91. The lowest BCUT2D eigenvalue weighted by atomic mass is 10.3. The number of rotatable bonds is 6. The topological polar surface area (TPSA) is 37.4 Å². The molecule has 0 spiro atoms. The van der Waals surface area contributed by atoms with E-state index in [9.17, 15) is 8.42 Å². The molecule has 19 heavy (non-hydrogen) atoms. The summed E-state index contributed by atoms with van der Waals surface area (Å²) in [5.74, 6) is 0. The fraction of sp³-hybridized carbons (Fsp3) is 0.385. The van der Waals surface area contributed by atoms with Crippen molar-refractivity contribution < 1.29 is 8.42 Å². The summed E-state index contributed by atoms with van der Waals surface area (Å²) in [6, 6.07) is 7.78. The van der Waals surface area contributed by atoms with E-state index >= 15 is 0 Å². The Balaban J connectivity index is 1.77. The van der Waals surface area contributed by atoms with Crippen LogP contribution in [0.3, 0.4) is 0 Å². The lowest BCUT2D eigenvalue weighted by Gasteiger charge is -2.20. The summed E-state index contributed by atoms with van der Waals surface area (Å²) in [6.07, 6.45) is 2.79. The first-order valence-corrected chi connectivity index (χ1v) is 9.45. The first kappa shape index (κ1) is 13.3. The second kappa shape index (κ2) is 5.36. The third kappa shape index (κ3) is 2.91. The molecule has 0 atom stereocenters. The van der Waals surface area contributed by atoms with Gasteiger partial charge in [-0.05, 0) is 42.2 Å². The van der Waals surface area contributed by atoms with Gasteiger partial charge >= 0.3 is 0 Å². The summed E-state index contributed by atoms with van der Waals surface area (Å²) in [4.78, 5) is 1.24. The largest absolute Gasteiger partial charge is 0.252 e. The minimum atomic E-state index is -3.29. The number of hydrogen-bond donors (Lipinski definition) is 0. The van der Waals surface area contributed by atoms with E-state index in [-0.39, 0.29) is 6.04 Å². The van der Waals surface area contributed by atoms with Crippen LogP contribution < -0.4 is 0 Å². The summed E-state index contributed by atoms with van der Waals surface area (Å²) in [7, 11) is -3.29. The number of sulfonamides is 1. The Hall–Kier alpha value is -0.690. The molecular formula is C13H15NO2S3. The maximum absolute atomic E-state index is 12.6. The second-order valence-corrected chi connectivity index (χ2v) is 8.71. The molecule has 0 amide bonds. The molecule has 3 nitrogen and oxygen atoms in total. The molecule has 2 aromatic heterocycles. The average molecular weight is 313 g/mol. The SMILES string of the molecule is O=S(=O)(c1cccs1)N(CCc1cccs1)C1CC1. The van der Waals surface area contributed by atoms with E-state index in [1.54, 1.807) is 27.8 Å². The fourth-order valence-electron chi connectivity index (χ4n) is 2.06. The van der Waals surface area contributed by atoms with Crippen molar-refractivity contribution in [1.29, 1.82) is 0 Å². The number of nitrogens with zero attached hydrogens (tertiary/aromatic N) is 1. The zero-order valence-electron chi connectivity index (χ0n) is 10.4. The third-order valence-electron chi connectivity index (χ3n) is 3.17. The van der Waals surface area contributed by atoms with Crippen LogP contribution in [0.15, 0.2) is 39.2 Å². The van der Waals surface area contributed by atoms with Crippen LogP contribution >= 0.6 is 22.7 Å². The van der Waals surface area contributed by atoms with Crippen molar-refractivity contribution in [3.8, 4) is 0 Å². The molecule has 0 saturated heterocycles. The van der Waals surface area contributed by atoms with Gasteiger partial charge < -0.3 is 0 Å². The molecule has 0 N–H and O–H groups in total. The van der Waals surface area contributed by atoms with E-state index in [2.05, 4.69) is 6.07 Å². The number of thiophene rings is 2. The van der Waals surface area contributed by atoms with E-state index < -0.39 is 10.0 Å². The predicted octanol–water partition coefficient (Wildman–Crippen LogP) is 3.21. The minimum absolute atomic E-state index is 0.215. The predicted molar refractivity (Wildman–Crippen MR) is 79.3 cm³/mol. The summed E-state index contributed by atoms with van der Waals surface area (Å²) in [5.41, 5.74) is 0.